The van der Waals surface area contributed by atoms with Crippen molar-refractivity contribution >= 4 is 11.7 Å². The van der Waals surface area contributed by atoms with Crippen LogP contribution in [-0.2, 0) is 0 Å². The van der Waals surface area contributed by atoms with Crippen LogP contribution in [0.3, 0.4) is 0 Å². The van der Waals surface area contributed by atoms with E-state index >= 15 is 0 Å². The second-order valence-corrected chi connectivity index (χ2v) is 4.65. The largest absolute Gasteiger partial charge is 0.478 e. The van der Waals surface area contributed by atoms with Gasteiger partial charge in [-0.3, -0.25) is 0 Å². The Morgan fingerprint density at radius 3 is 2.94 bits per heavy atom. The van der Waals surface area contributed by atoms with Gasteiger partial charge < -0.3 is 15.3 Å². The first-order valence-electron chi connectivity index (χ1n) is 5.91. The number of likely N-dealkylation sites (tertiary alicyclic amines) is 1. The Hall–Kier alpha value is -1.55. The maximum atomic E-state index is 11.0. The Balaban J connectivity index is 1.97. The molecule has 0 bridgehead atoms. The summed E-state index contributed by atoms with van der Waals surface area (Å²) < 4.78 is 0. The van der Waals surface area contributed by atoms with E-state index in [-0.39, 0.29) is 0 Å². The van der Waals surface area contributed by atoms with Gasteiger partial charge in [-0.15, -0.1) is 0 Å². The number of hydrogen-bond donors (Lipinski definition) is 2. The summed E-state index contributed by atoms with van der Waals surface area (Å²) >= 11 is 0. The monoisotopic (exact) mass is 234 g/mol. The average molecular weight is 234 g/mol. The van der Waals surface area contributed by atoms with Crippen molar-refractivity contribution in [3.8, 4) is 0 Å². The highest BCUT2D eigenvalue weighted by atomic mass is 16.4. The van der Waals surface area contributed by atoms with E-state index in [1.54, 1.807) is 12.1 Å². The Labute approximate surface area is 101 Å². The maximum absolute atomic E-state index is 11.0. The van der Waals surface area contributed by atoms with E-state index in [1.807, 2.05) is 12.1 Å². The lowest BCUT2D eigenvalue weighted by molar-refractivity contribution is 0.0698. The molecular formula is C13H18N2O2. The fraction of sp³-hybridized carbons (Fsp3) is 0.462. The van der Waals surface area contributed by atoms with Crippen LogP contribution >= 0.6 is 0 Å². The summed E-state index contributed by atoms with van der Waals surface area (Å²) in [5.74, 6) is -0.265. The normalized spacial score (nSPS) is 20.4. The van der Waals surface area contributed by atoms with Gasteiger partial charge >= 0.3 is 5.97 Å². The molecule has 0 aliphatic carbocycles. The number of carbonyl (C=O) groups is 1. The highest BCUT2D eigenvalue weighted by Crippen LogP contribution is 2.18. The number of aromatic carboxylic acids is 1. The number of carboxylic acid groups (broad SMARTS) is 1. The van der Waals surface area contributed by atoms with Crippen molar-refractivity contribution in [2.24, 2.45) is 5.92 Å². The standard InChI is InChI=1S/C13H18N2O2/c1-15-7-6-10(9-15)8-14-12-5-3-2-4-11(12)13(16)17/h2-5,10,14H,6-9H2,1H3,(H,16,17). The van der Waals surface area contributed by atoms with Gasteiger partial charge in [-0.1, -0.05) is 12.1 Å². The van der Waals surface area contributed by atoms with E-state index in [1.165, 1.54) is 6.42 Å². The van der Waals surface area contributed by atoms with Crippen molar-refractivity contribution in [2.75, 3.05) is 32.0 Å². The molecule has 1 aliphatic heterocycles. The number of hydrogen-bond acceptors (Lipinski definition) is 3. The molecular weight excluding hydrogens is 216 g/mol. The maximum Gasteiger partial charge on any atom is 0.337 e. The third-order valence-corrected chi connectivity index (χ3v) is 3.23. The summed E-state index contributed by atoms with van der Waals surface area (Å²) in [7, 11) is 2.12. The number of rotatable bonds is 4. The van der Waals surface area contributed by atoms with Crippen LogP contribution in [0, 0.1) is 5.92 Å². The summed E-state index contributed by atoms with van der Waals surface area (Å²) in [4.78, 5) is 13.3. The van der Waals surface area contributed by atoms with Crippen LogP contribution < -0.4 is 5.32 Å². The first-order chi connectivity index (χ1) is 8.16. The van der Waals surface area contributed by atoms with Crippen LogP contribution in [0.4, 0.5) is 5.69 Å². The third-order valence-electron chi connectivity index (χ3n) is 3.23. The van der Waals surface area contributed by atoms with Gasteiger partial charge in [0.2, 0.25) is 0 Å². The van der Waals surface area contributed by atoms with Gasteiger partial charge in [0, 0.05) is 18.8 Å². The number of nitrogens with one attached hydrogen (secondary N) is 1. The number of anilines is 1. The van der Waals surface area contributed by atoms with Crippen molar-refractivity contribution in [1.29, 1.82) is 0 Å². The zero-order chi connectivity index (χ0) is 12.3. The first kappa shape index (κ1) is 11.9. The molecule has 92 valence electrons. The van der Waals surface area contributed by atoms with Crippen molar-refractivity contribution < 1.29 is 9.90 Å². The Morgan fingerprint density at radius 1 is 1.53 bits per heavy atom. The second-order valence-electron chi connectivity index (χ2n) is 4.65. The topological polar surface area (TPSA) is 52.6 Å². The van der Waals surface area contributed by atoms with E-state index in [2.05, 4.69) is 17.3 Å². The van der Waals surface area contributed by atoms with Crippen LogP contribution in [0.5, 0.6) is 0 Å². The van der Waals surface area contributed by atoms with E-state index in [0.29, 0.717) is 11.5 Å². The first-order valence-corrected chi connectivity index (χ1v) is 5.91. The van der Waals surface area contributed by atoms with Crippen LogP contribution in [0.15, 0.2) is 24.3 Å². The molecule has 1 heterocycles. The Morgan fingerprint density at radius 2 is 2.29 bits per heavy atom. The minimum absolute atomic E-state index is 0.346. The average Bonchev–Trinajstić information content (AvgIpc) is 2.73. The minimum atomic E-state index is -0.878. The van der Waals surface area contributed by atoms with Gasteiger partial charge in [0.15, 0.2) is 0 Å². The SMILES string of the molecule is CN1CCC(CNc2ccccc2C(=O)O)C1. The fourth-order valence-electron chi connectivity index (χ4n) is 2.27. The second kappa shape index (κ2) is 5.19. The molecule has 1 fully saturated rings. The van der Waals surface area contributed by atoms with Crippen molar-refractivity contribution in [3.05, 3.63) is 29.8 Å². The van der Waals surface area contributed by atoms with Gasteiger partial charge in [-0.25, -0.2) is 4.79 Å². The van der Waals surface area contributed by atoms with Crippen molar-refractivity contribution in [2.45, 2.75) is 6.42 Å². The van der Waals surface area contributed by atoms with Crippen molar-refractivity contribution in [3.63, 3.8) is 0 Å². The van der Waals surface area contributed by atoms with Crippen LogP contribution in [-0.4, -0.2) is 42.7 Å². The molecule has 2 N–H and O–H groups in total. The lowest BCUT2D eigenvalue weighted by atomic mass is 10.1. The van der Waals surface area contributed by atoms with Gasteiger partial charge in [0.25, 0.3) is 0 Å². The molecule has 0 aromatic heterocycles. The Bertz CT molecular complexity index is 406. The van der Waals surface area contributed by atoms with Crippen LogP contribution in [0.25, 0.3) is 0 Å². The van der Waals surface area contributed by atoms with Gasteiger partial charge in [0.05, 0.1) is 5.56 Å². The summed E-state index contributed by atoms with van der Waals surface area (Å²) in [5, 5.41) is 12.3. The number of carboxylic acids is 1. The fourth-order valence-corrected chi connectivity index (χ4v) is 2.27. The highest BCUT2D eigenvalue weighted by Gasteiger charge is 2.19. The Kier molecular flexibility index (Phi) is 3.64. The van der Waals surface area contributed by atoms with Gasteiger partial charge in [-0.2, -0.15) is 0 Å². The lowest BCUT2D eigenvalue weighted by Gasteiger charge is -2.14. The molecule has 0 saturated carbocycles. The zero-order valence-corrected chi connectivity index (χ0v) is 10.0. The molecule has 0 radical (unpaired) electrons. The van der Waals surface area contributed by atoms with E-state index in [4.69, 9.17) is 5.11 Å². The third kappa shape index (κ3) is 2.97. The highest BCUT2D eigenvalue weighted by molar-refractivity contribution is 5.94. The molecule has 0 spiro atoms. The molecule has 1 aliphatic rings. The number of benzene rings is 1. The van der Waals surface area contributed by atoms with E-state index < -0.39 is 5.97 Å². The molecule has 1 saturated heterocycles. The molecule has 1 aromatic carbocycles. The molecule has 1 aromatic rings. The minimum Gasteiger partial charge on any atom is -0.478 e. The molecule has 1 unspecified atom stereocenters. The predicted octanol–water partition coefficient (Wildman–Crippen LogP) is 1.75. The molecule has 2 rings (SSSR count). The van der Waals surface area contributed by atoms with Crippen LogP contribution in [0.1, 0.15) is 16.8 Å². The molecule has 4 heteroatoms. The molecule has 4 nitrogen and oxygen atoms in total. The molecule has 1 atom stereocenters. The molecule has 0 amide bonds. The predicted molar refractivity (Wildman–Crippen MR) is 67.5 cm³/mol. The number of nitrogens with zero attached hydrogens (tertiary/aromatic N) is 1. The smallest absolute Gasteiger partial charge is 0.337 e. The summed E-state index contributed by atoms with van der Waals surface area (Å²) in [6, 6.07) is 7.06. The van der Waals surface area contributed by atoms with E-state index in [9.17, 15) is 4.79 Å². The van der Waals surface area contributed by atoms with E-state index in [0.717, 1.165) is 25.3 Å². The van der Waals surface area contributed by atoms with Gasteiger partial charge in [0.1, 0.15) is 0 Å². The van der Waals surface area contributed by atoms with Crippen molar-refractivity contribution in [1.82, 2.24) is 4.90 Å². The summed E-state index contributed by atoms with van der Waals surface area (Å²) in [6.45, 7) is 3.06. The molecule has 17 heavy (non-hydrogen) atoms. The zero-order valence-electron chi connectivity index (χ0n) is 10.0. The summed E-state index contributed by atoms with van der Waals surface area (Å²) in [5.41, 5.74) is 1.06. The summed E-state index contributed by atoms with van der Waals surface area (Å²) in [6.07, 6.45) is 1.18. The number of para-hydroxylation sites is 1. The quantitative estimate of drug-likeness (QED) is 0.833. The lowest BCUT2D eigenvalue weighted by Crippen LogP contribution is -2.19. The van der Waals surface area contributed by atoms with Crippen LogP contribution in [0.2, 0.25) is 0 Å². The van der Waals surface area contributed by atoms with Gasteiger partial charge in [-0.05, 0) is 38.1 Å².